The van der Waals surface area contributed by atoms with Crippen LogP contribution in [0.3, 0.4) is 0 Å². The first-order chi connectivity index (χ1) is 14.7. The number of aromatic amines is 1. The molecule has 0 atom stereocenters. The van der Waals surface area contributed by atoms with E-state index in [1.807, 2.05) is 73.0 Å². The first-order valence-corrected chi connectivity index (χ1v) is 10.3. The summed E-state index contributed by atoms with van der Waals surface area (Å²) in [5.41, 5.74) is 3.83. The number of aryl methyl sites for hydroxylation is 1. The third kappa shape index (κ3) is 4.01. The van der Waals surface area contributed by atoms with Gasteiger partial charge in [0.2, 0.25) is 5.82 Å². The SMILES string of the molecule is Cc1nc(COc2ccc(/C=C/c3nc(-c4cc5ccccc5[nH]4)no3)cc2)cs1. The topological polar surface area (TPSA) is 76.8 Å². The van der Waals surface area contributed by atoms with Crippen molar-refractivity contribution in [2.24, 2.45) is 0 Å². The van der Waals surface area contributed by atoms with Gasteiger partial charge >= 0.3 is 0 Å². The van der Waals surface area contributed by atoms with Crippen molar-refractivity contribution in [2.45, 2.75) is 13.5 Å². The van der Waals surface area contributed by atoms with Crippen LogP contribution in [-0.2, 0) is 6.61 Å². The Kier molecular flexibility index (Phi) is 4.86. The lowest BCUT2D eigenvalue weighted by Crippen LogP contribution is -1.95. The Bertz CT molecular complexity index is 1280. The number of nitrogens with one attached hydrogen (secondary N) is 1. The summed E-state index contributed by atoms with van der Waals surface area (Å²) >= 11 is 1.63. The van der Waals surface area contributed by atoms with Gasteiger partial charge in [-0.15, -0.1) is 11.3 Å². The molecule has 0 aliphatic rings. The molecule has 2 aromatic carbocycles. The van der Waals surface area contributed by atoms with E-state index in [1.54, 1.807) is 17.4 Å². The van der Waals surface area contributed by atoms with Gasteiger partial charge in [-0.25, -0.2) is 4.98 Å². The molecule has 5 aromatic rings. The molecule has 0 amide bonds. The molecule has 0 fully saturated rings. The van der Waals surface area contributed by atoms with E-state index in [4.69, 9.17) is 9.26 Å². The fraction of sp³-hybridized carbons (Fsp3) is 0.0870. The molecule has 0 saturated heterocycles. The third-order valence-corrected chi connectivity index (χ3v) is 5.39. The van der Waals surface area contributed by atoms with Gasteiger partial charge in [-0.05, 0) is 42.8 Å². The van der Waals surface area contributed by atoms with Crippen LogP contribution in [0.25, 0.3) is 34.6 Å². The Hall–Kier alpha value is -3.71. The molecule has 0 radical (unpaired) electrons. The van der Waals surface area contributed by atoms with E-state index in [2.05, 4.69) is 20.1 Å². The lowest BCUT2D eigenvalue weighted by Gasteiger charge is -2.04. The molecular formula is C23H18N4O2S. The minimum Gasteiger partial charge on any atom is -0.487 e. The number of nitrogens with zero attached hydrogens (tertiary/aromatic N) is 3. The minimum atomic E-state index is 0.447. The molecule has 0 aliphatic heterocycles. The van der Waals surface area contributed by atoms with E-state index in [-0.39, 0.29) is 0 Å². The molecule has 6 nitrogen and oxygen atoms in total. The summed E-state index contributed by atoms with van der Waals surface area (Å²) < 4.78 is 11.1. The van der Waals surface area contributed by atoms with Crippen LogP contribution in [-0.4, -0.2) is 20.1 Å². The van der Waals surface area contributed by atoms with E-state index < -0.39 is 0 Å². The van der Waals surface area contributed by atoms with E-state index in [0.717, 1.165) is 38.6 Å². The molecule has 30 heavy (non-hydrogen) atoms. The van der Waals surface area contributed by atoms with Crippen LogP contribution in [0.5, 0.6) is 5.75 Å². The van der Waals surface area contributed by atoms with Crippen molar-refractivity contribution < 1.29 is 9.26 Å². The van der Waals surface area contributed by atoms with Crippen molar-refractivity contribution in [1.29, 1.82) is 0 Å². The van der Waals surface area contributed by atoms with E-state index in [1.165, 1.54) is 0 Å². The maximum atomic E-state index is 5.78. The number of rotatable bonds is 6. The molecule has 7 heteroatoms. The average molecular weight is 414 g/mol. The van der Waals surface area contributed by atoms with Crippen LogP contribution >= 0.6 is 11.3 Å². The highest BCUT2D eigenvalue weighted by molar-refractivity contribution is 7.09. The number of aromatic nitrogens is 4. The Balaban J connectivity index is 1.24. The summed E-state index contributed by atoms with van der Waals surface area (Å²) in [6, 6.07) is 17.9. The van der Waals surface area contributed by atoms with Gasteiger partial charge in [0.15, 0.2) is 0 Å². The third-order valence-electron chi connectivity index (χ3n) is 4.56. The number of hydrogen-bond acceptors (Lipinski definition) is 6. The van der Waals surface area contributed by atoms with Gasteiger partial charge in [-0.3, -0.25) is 0 Å². The Morgan fingerprint density at radius 2 is 1.93 bits per heavy atom. The molecule has 3 heterocycles. The smallest absolute Gasteiger partial charge is 0.251 e. The van der Waals surface area contributed by atoms with Crippen LogP contribution in [0, 0.1) is 6.92 Å². The standard InChI is InChI=1S/C23H18N4O2S/c1-15-24-18(14-30-15)13-28-19-9-6-16(7-10-19)8-11-22-26-23(27-29-22)21-12-17-4-2-3-5-20(17)25-21/h2-12,14,25H,13H2,1H3/b11-8+. The van der Waals surface area contributed by atoms with Gasteiger partial charge in [-0.1, -0.05) is 35.5 Å². The number of hydrogen-bond donors (Lipinski definition) is 1. The quantitative estimate of drug-likeness (QED) is 0.384. The minimum absolute atomic E-state index is 0.447. The number of para-hydroxylation sites is 1. The van der Waals surface area contributed by atoms with Crippen LogP contribution in [0.2, 0.25) is 0 Å². The van der Waals surface area contributed by atoms with Gasteiger partial charge in [0.1, 0.15) is 12.4 Å². The number of benzene rings is 2. The fourth-order valence-corrected chi connectivity index (χ4v) is 3.68. The van der Waals surface area contributed by atoms with Gasteiger partial charge < -0.3 is 14.2 Å². The Labute approximate surface area is 176 Å². The van der Waals surface area contributed by atoms with Crippen LogP contribution in [0.4, 0.5) is 0 Å². The Morgan fingerprint density at radius 3 is 2.73 bits per heavy atom. The molecule has 1 N–H and O–H groups in total. The van der Waals surface area contributed by atoms with Gasteiger partial charge in [0.05, 0.1) is 16.4 Å². The molecular weight excluding hydrogens is 396 g/mol. The summed E-state index contributed by atoms with van der Waals surface area (Å²) in [5, 5.41) is 8.24. The molecule has 148 valence electrons. The number of ether oxygens (including phenoxy) is 1. The highest BCUT2D eigenvalue weighted by atomic mass is 32.1. The van der Waals surface area contributed by atoms with Crippen LogP contribution in [0.1, 0.15) is 22.2 Å². The first-order valence-electron chi connectivity index (χ1n) is 9.47. The lowest BCUT2D eigenvalue weighted by atomic mass is 10.2. The van der Waals surface area contributed by atoms with Crippen molar-refractivity contribution in [3.63, 3.8) is 0 Å². The van der Waals surface area contributed by atoms with E-state index in [9.17, 15) is 0 Å². The summed E-state index contributed by atoms with van der Waals surface area (Å²) in [5.74, 6) is 1.78. The lowest BCUT2D eigenvalue weighted by molar-refractivity contribution is 0.302. The molecule has 0 saturated carbocycles. The Morgan fingerprint density at radius 1 is 1.07 bits per heavy atom. The van der Waals surface area contributed by atoms with Crippen molar-refractivity contribution in [3.05, 3.63) is 82.1 Å². The monoisotopic (exact) mass is 414 g/mol. The highest BCUT2D eigenvalue weighted by Crippen LogP contribution is 2.22. The zero-order valence-corrected chi connectivity index (χ0v) is 17.0. The maximum Gasteiger partial charge on any atom is 0.251 e. The van der Waals surface area contributed by atoms with Crippen LogP contribution < -0.4 is 4.74 Å². The number of fused-ring (bicyclic) bond motifs is 1. The zero-order valence-electron chi connectivity index (χ0n) is 16.2. The fourth-order valence-electron chi connectivity index (χ4n) is 3.08. The first kappa shape index (κ1) is 18.3. The molecule has 0 unspecified atom stereocenters. The van der Waals surface area contributed by atoms with Gasteiger partial charge in [0, 0.05) is 22.4 Å². The molecule has 0 spiro atoms. The van der Waals surface area contributed by atoms with Crippen LogP contribution in [0.15, 0.2) is 64.5 Å². The molecule has 3 aromatic heterocycles. The van der Waals surface area contributed by atoms with Crippen molar-refractivity contribution >= 4 is 34.4 Å². The summed E-state index contributed by atoms with van der Waals surface area (Å²) in [6.45, 7) is 2.46. The average Bonchev–Trinajstić information content (AvgIpc) is 3.50. The molecule has 5 rings (SSSR count). The predicted molar refractivity (Wildman–Crippen MR) is 118 cm³/mol. The normalized spacial score (nSPS) is 11.5. The second-order valence-electron chi connectivity index (χ2n) is 6.78. The largest absolute Gasteiger partial charge is 0.487 e. The zero-order chi connectivity index (χ0) is 20.3. The van der Waals surface area contributed by atoms with E-state index >= 15 is 0 Å². The second-order valence-corrected chi connectivity index (χ2v) is 7.84. The summed E-state index contributed by atoms with van der Waals surface area (Å²) in [6.07, 6.45) is 3.73. The highest BCUT2D eigenvalue weighted by Gasteiger charge is 2.09. The number of thiazole rings is 1. The van der Waals surface area contributed by atoms with Gasteiger partial charge in [-0.2, -0.15) is 4.98 Å². The number of H-pyrrole nitrogens is 1. The predicted octanol–water partition coefficient (Wildman–Crippen LogP) is 5.73. The van der Waals surface area contributed by atoms with E-state index in [0.29, 0.717) is 18.3 Å². The van der Waals surface area contributed by atoms with Gasteiger partial charge in [0.25, 0.3) is 5.89 Å². The second kappa shape index (κ2) is 7.96. The summed E-state index contributed by atoms with van der Waals surface area (Å²) in [7, 11) is 0. The molecule has 0 aliphatic carbocycles. The summed E-state index contributed by atoms with van der Waals surface area (Å²) in [4.78, 5) is 12.1. The van der Waals surface area contributed by atoms with Crippen molar-refractivity contribution in [1.82, 2.24) is 20.1 Å². The maximum absolute atomic E-state index is 5.78. The van der Waals surface area contributed by atoms with Crippen molar-refractivity contribution in [3.8, 4) is 17.3 Å². The van der Waals surface area contributed by atoms with Crippen molar-refractivity contribution in [2.75, 3.05) is 0 Å². The molecule has 0 bridgehead atoms.